The fraction of sp³-hybridized carbons (Fsp3) is 0.636. The van der Waals surface area contributed by atoms with Crippen LogP contribution in [-0.4, -0.2) is 37.5 Å². The van der Waals surface area contributed by atoms with Gasteiger partial charge in [-0.05, 0) is 12.8 Å². The van der Waals surface area contributed by atoms with Gasteiger partial charge in [-0.3, -0.25) is 18.9 Å². The molecule has 0 radical (unpaired) electrons. The van der Waals surface area contributed by atoms with Crippen molar-refractivity contribution >= 4 is 7.60 Å². The molecule has 1 aromatic heterocycles. The SMILES string of the molecule is O=c1ccn(C2CCC(C(F)(F)CCP(=O)(O)O)O2)c(=O)[nH]1. The van der Waals surface area contributed by atoms with Crippen molar-refractivity contribution in [1.29, 1.82) is 0 Å². The number of alkyl halides is 2. The number of halogens is 2. The molecule has 11 heteroatoms. The van der Waals surface area contributed by atoms with Gasteiger partial charge >= 0.3 is 13.3 Å². The van der Waals surface area contributed by atoms with Crippen LogP contribution in [0.15, 0.2) is 21.9 Å². The molecule has 1 aliphatic rings. The van der Waals surface area contributed by atoms with E-state index >= 15 is 0 Å². The van der Waals surface area contributed by atoms with Gasteiger partial charge in [0, 0.05) is 18.7 Å². The summed E-state index contributed by atoms with van der Waals surface area (Å²) in [6.45, 7) is 0. The predicted molar refractivity (Wildman–Crippen MR) is 70.9 cm³/mol. The monoisotopic (exact) mass is 340 g/mol. The van der Waals surface area contributed by atoms with E-state index in [1.165, 1.54) is 0 Å². The Morgan fingerprint density at radius 2 is 2.09 bits per heavy atom. The Kier molecular flexibility index (Phi) is 4.67. The van der Waals surface area contributed by atoms with Gasteiger partial charge in [-0.2, -0.15) is 0 Å². The van der Waals surface area contributed by atoms with Gasteiger partial charge < -0.3 is 14.5 Å². The van der Waals surface area contributed by atoms with Crippen LogP contribution in [0, 0.1) is 0 Å². The fourth-order valence-corrected chi connectivity index (χ4v) is 2.83. The molecule has 2 atom stereocenters. The second kappa shape index (κ2) is 6.04. The van der Waals surface area contributed by atoms with Crippen molar-refractivity contribution in [2.24, 2.45) is 0 Å². The summed E-state index contributed by atoms with van der Waals surface area (Å²) in [5, 5.41) is 0. The average Bonchev–Trinajstić information content (AvgIpc) is 2.86. The molecule has 2 unspecified atom stereocenters. The van der Waals surface area contributed by atoms with Crippen molar-refractivity contribution < 1.29 is 27.9 Å². The standard InChI is InChI=1S/C11H15F2N2O6P/c12-11(13,4-6-22(18,19)20)7-1-2-9(21-7)15-5-3-8(16)14-10(15)17/h3,5,7,9H,1-2,4,6H2,(H,14,16,17)(H2,18,19,20). The minimum absolute atomic E-state index is 0.0651. The van der Waals surface area contributed by atoms with E-state index < -0.39 is 49.7 Å². The smallest absolute Gasteiger partial charge is 0.330 e. The van der Waals surface area contributed by atoms with Crippen LogP contribution in [0.4, 0.5) is 8.78 Å². The number of nitrogens with one attached hydrogen (secondary N) is 1. The molecule has 2 rings (SSSR count). The molecule has 3 N–H and O–H groups in total. The molecule has 0 bridgehead atoms. The minimum Gasteiger partial charge on any atom is -0.348 e. The molecule has 1 fully saturated rings. The second-order valence-corrected chi connectivity index (χ2v) is 6.85. The number of H-pyrrole nitrogens is 1. The van der Waals surface area contributed by atoms with Crippen LogP contribution in [0.1, 0.15) is 25.5 Å². The van der Waals surface area contributed by atoms with Gasteiger partial charge in [0.05, 0.1) is 6.16 Å². The number of aromatic amines is 1. The van der Waals surface area contributed by atoms with Crippen LogP contribution < -0.4 is 11.2 Å². The molecule has 124 valence electrons. The highest BCUT2D eigenvalue weighted by atomic mass is 31.2. The van der Waals surface area contributed by atoms with E-state index in [9.17, 15) is 22.9 Å². The van der Waals surface area contributed by atoms with E-state index in [4.69, 9.17) is 14.5 Å². The highest BCUT2D eigenvalue weighted by Crippen LogP contribution is 2.43. The zero-order valence-corrected chi connectivity index (χ0v) is 12.2. The highest BCUT2D eigenvalue weighted by molar-refractivity contribution is 7.51. The molecule has 2 heterocycles. The van der Waals surface area contributed by atoms with E-state index in [2.05, 4.69) is 0 Å². The lowest BCUT2D eigenvalue weighted by Gasteiger charge is -2.24. The Balaban J connectivity index is 2.07. The van der Waals surface area contributed by atoms with E-state index in [1.807, 2.05) is 4.98 Å². The summed E-state index contributed by atoms with van der Waals surface area (Å²) in [5.74, 6) is -3.42. The second-order valence-electron chi connectivity index (χ2n) is 5.07. The van der Waals surface area contributed by atoms with E-state index in [0.717, 1.165) is 16.8 Å². The van der Waals surface area contributed by atoms with Gasteiger partial charge in [-0.1, -0.05) is 0 Å². The fourth-order valence-electron chi connectivity index (χ4n) is 2.24. The van der Waals surface area contributed by atoms with Crippen molar-refractivity contribution in [1.82, 2.24) is 9.55 Å². The first-order valence-electron chi connectivity index (χ1n) is 6.48. The van der Waals surface area contributed by atoms with Crippen LogP contribution in [0.5, 0.6) is 0 Å². The summed E-state index contributed by atoms with van der Waals surface area (Å²) in [4.78, 5) is 41.9. The number of aromatic nitrogens is 2. The number of ether oxygens (including phenoxy) is 1. The molecule has 1 aliphatic heterocycles. The van der Waals surface area contributed by atoms with E-state index in [0.29, 0.717) is 0 Å². The normalized spacial score (nSPS) is 22.9. The summed E-state index contributed by atoms with van der Waals surface area (Å²) in [6, 6.07) is 1.07. The Labute approximate surface area is 122 Å². The van der Waals surface area contributed by atoms with Gasteiger partial charge in [-0.15, -0.1) is 0 Å². The lowest BCUT2D eigenvalue weighted by Crippen LogP contribution is -2.36. The van der Waals surface area contributed by atoms with Gasteiger partial charge in [0.1, 0.15) is 12.3 Å². The summed E-state index contributed by atoms with van der Waals surface area (Å²) in [5.41, 5.74) is -1.38. The first-order chi connectivity index (χ1) is 10.1. The molecule has 0 spiro atoms. The third-order valence-corrected chi connectivity index (χ3v) is 4.17. The number of hydrogen-bond acceptors (Lipinski definition) is 4. The topological polar surface area (TPSA) is 122 Å². The zero-order chi connectivity index (χ0) is 16.5. The molecule has 22 heavy (non-hydrogen) atoms. The van der Waals surface area contributed by atoms with Crippen LogP contribution in [0.2, 0.25) is 0 Å². The number of nitrogens with zero attached hydrogens (tertiary/aromatic N) is 1. The molecule has 8 nitrogen and oxygen atoms in total. The molecule has 0 saturated carbocycles. The first kappa shape index (κ1) is 17.0. The Morgan fingerprint density at radius 1 is 1.41 bits per heavy atom. The molecule has 1 aromatic rings. The molecule has 1 saturated heterocycles. The maximum absolute atomic E-state index is 13.9. The number of hydrogen-bond donors (Lipinski definition) is 3. The van der Waals surface area contributed by atoms with Crippen LogP contribution in [-0.2, 0) is 9.30 Å². The Morgan fingerprint density at radius 3 is 2.68 bits per heavy atom. The molecule has 0 aliphatic carbocycles. The van der Waals surface area contributed by atoms with E-state index in [-0.39, 0.29) is 12.8 Å². The zero-order valence-electron chi connectivity index (χ0n) is 11.3. The largest absolute Gasteiger partial charge is 0.348 e. The Bertz CT molecular complexity index is 696. The van der Waals surface area contributed by atoms with Crippen molar-refractivity contribution in [2.45, 2.75) is 37.5 Å². The molecular formula is C11H15F2N2O6P. The third kappa shape index (κ3) is 4.10. The van der Waals surface area contributed by atoms with Crippen LogP contribution in [0.3, 0.4) is 0 Å². The maximum atomic E-state index is 13.9. The van der Waals surface area contributed by atoms with Crippen molar-refractivity contribution in [3.63, 3.8) is 0 Å². The third-order valence-electron chi connectivity index (χ3n) is 3.37. The van der Waals surface area contributed by atoms with E-state index in [1.54, 1.807) is 0 Å². The molecule has 0 amide bonds. The van der Waals surface area contributed by atoms with Gasteiger partial charge in [0.2, 0.25) is 0 Å². The molecular weight excluding hydrogens is 325 g/mol. The average molecular weight is 340 g/mol. The van der Waals surface area contributed by atoms with Crippen molar-refractivity contribution in [2.75, 3.05) is 6.16 Å². The first-order valence-corrected chi connectivity index (χ1v) is 8.27. The van der Waals surface area contributed by atoms with Gasteiger partial charge in [-0.25, -0.2) is 13.6 Å². The van der Waals surface area contributed by atoms with Crippen molar-refractivity contribution in [3.8, 4) is 0 Å². The number of rotatable bonds is 5. The highest BCUT2D eigenvalue weighted by Gasteiger charge is 2.46. The maximum Gasteiger partial charge on any atom is 0.330 e. The Hall–Kier alpha value is -1.35. The van der Waals surface area contributed by atoms with Gasteiger partial charge in [0.15, 0.2) is 0 Å². The van der Waals surface area contributed by atoms with Crippen LogP contribution >= 0.6 is 7.60 Å². The summed E-state index contributed by atoms with van der Waals surface area (Å²) in [6.07, 6.45) is -3.22. The predicted octanol–water partition coefficient (Wildman–Crippen LogP) is 0.417. The van der Waals surface area contributed by atoms with Gasteiger partial charge in [0.25, 0.3) is 11.5 Å². The summed E-state index contributed by atoms with van der Waals surface area (Å²) in [7, 11) is -4.52. The van der Waals surface area contributed by atoms with Crippen LogP contribution in [0.25, 0.3) is 0 Å². The lowest BCUT2D eigenvalue weighted by atomic mass is 10.1. The van der Waals surface area contributed by atoms with Crippen molar-refractivity contribution in [3.05, 3.63) is 33.1 Å². The quantitative estimate of drug-likeness (QED) is 0.668. The minimum atomic E-state index is -4.52. The molecule has 0 aromatic carbocycles. The lowest BCUT2D eigenvalue weighted by molar-refractivity contribution is -0.145. The summed E-state index contributed by atoms with van der Waals surface area (Å²) >= 11 is 0. The summed E-state index contributed by atoms with van der Waals surface area (Å²) < 4.78 is 44.6.